The molecule has 0 amide bonds. The first-order valence-corrected chi connectivity index (χ1v) is 8.54. The summed E-state index contributed by atoms with van der Waals surface area (Å²) in [6.07, 6.45) is 6.08. The minimum Gasteiger partial charge on any atom is -0.378 e. The number of fused-ring (bicyclic) bond motifs is 2. The number of nitrogens with one attached hydrogen (secondary N) is 1. The topological polar surface area (TPSA) is 58.5 Å². The van der Waals surface area contributed by atoms with Gasteiger partial charge in [-0.2, -0.15) is 0 Å². The highest BCUT2D eigenvalue weighted by atomic mass is 16.5. The molecule has 0 aliphatic carbocycles. The zero-order chi connectivity index (χ0) is 16.8. The molecule has 1 aromatic carbocycles. The van der Waals surface area contributed by atoms with Gasteiger partial charge in [-0.15, -0.1) is 0 Å². The monoisotopic (exact) mass is 333 g/mol. The average Bonchev–Trinajstić information content (AvgIpc) is 3.26. The van der Waals surface area contributed by atoms with Gasteiger partial charge >= 0.3 is 0 Å². The first kappa shape index (κ1) is 14.5. The Morgan fingerprint density at radius 1 is 1.08 bits per heavy atom. The average molecular weight is 333 g/mol. The molecule has 1 fully saturated rings. The molecule has 5 rings (SSSR count). The number of aryl methyl sites for hydroxylation is 1. The van der Waals surface area contributed by atoms with Crippen LogP contribution in [-0.2, 0) is 4.74 Å². The van der Waals surface area contributed by atoms with Crippen LogP contribution in [0, 0.1) is 6.92 Å². The Morgan fingerprint density at radius 2 is 1.96 bits per heavy atom. The number of anilines is 1. The van der Waals surface area contributed by atoms with Gasteiger partial charge in [-0.1, -0.05) is 6.07 Å². The molecular weight excluding hydrogens is 314 g/mol. The van der Waals surface area contributed by atoms with Crippen molar-refractivity contribution in [3.05, 3.63) is 48.5 Å². The van der Waals surface area contributed by atoms with E-state index in [-0.39, 0.29) is 0 Å². The van der Waals surface area contributed by atoms with Crippen LogP contribution in [0.15, 0.2) is 42.9 Å². The molecular formula is C19H19N5O. The lowest BCUT2D eigenvalue weighted by molar-refractivity contribution is 0.122. The molecule has 4 heterocycles. The fourth-order valence-corrected chi connectivity index (χ4v) is 3.44. The molecule has 1 N–H and O–H groups in total. The molecule has 0 spiro atoms. The molecule has 0 saturated carbocycles. The van der Waals surface area contributed by atoms with Crippen molar-refractivity contribution in [3.8, 4) is 11.3 Å². The van der Waals surface area contributed by atoms with Crippen LogP contribution in [0.3, 0.4) is 0 Å². The number of imidazole rings is 1. The van der Waals surface area contributed by atoms with E-state index < -0.39 is 0 Å². The minimum atomic E-state index is 0.729. The molecule has 126 valence electrons. The van der Waals surface area contributed by atoms with Gasteiger partial charge in [0.05, 0.1) is 24.6 Å². The van der Waals surface area contributed by atoms with E-state index in [0.29, 0.717) is 0 Å². The minimum absolute atomic E-state index is 0.729. The molecule has 4 aromatic rings. The summed E-state index contributed by atoms with van der Waals surface area (Å²) in [6, 6.07) is 8.47. The number of hydrogen-bond donors (Lipinski definition) is 1. The van der Waals surface area contributed by atoms with Gasteiger partial charge in [-0.25, -0.2) is 9.97 Å². The molecule has 0 bridgehead atoms. The van der Waals surface area contributed by atoms with Gasteiger partial charge in [-0.05, 0) is 25.1 Å². The maximum atomic E-state index is 5.49. The molecule has 1 aliphatic heterocycles. The number of aromatic nitrogens is 4. The lowest BCUT2D eigenvalue weighted by Crippen LogP contribution is -2.37. The highest BCUT2D eigenvalue weighted by Gasteiger charge is 2.19. The van der Waals surface area contributed by atoms with Crippen LogP contribution in [0.1, 0.15) is 5.69 Å². The second-order valence-electron chi connectivity index (χ2n) is 6.44. The van der Waals surface area contributed by atoms with Gasteiger partial charge in [0, 0.05) is 48.1 Å². The number of aromatic amines is 1. The van der Waals surface area contributed by atoms with Crippen molar-refractivity contribution in [2.75, 3.05) is 31.2 Å². The molecule has 1 aliphatic rings. The number of benzene rings is 1. The van der Waals surface area contributed by atoms with E-state index in [4.69, 9.17) is 9.72 Å². The van der Waals surface area contributed by atoms with Crippen LogP contribution in [0.25, 0.3) is 27.8 Å². The second-order valence-corrected chi connectivity index (χ2v) is 6.44. The van der Waals surface area contributed by atoms with Crippen molar-refractivity contribution < 1.29 is 4.74 Å². The number of morpholine rings is 1. The highest BCUT2D eigenvalue weighted by molar-refractivity contribution is 5.84. The summed E-state index contributed by atoms with van der Waals surface area (Å²) in [7, 11) is 0. The summed E-state index contributed by atoms with van der Waals surface area (Å²) in [5.41, 5.74) is 5.10. The van der Waals surface area contributed by atoms with E-state index >= 15 is 0 Å². The zero-order valence-corrected chi connectivity index (χ0v) is 14.1. The fraction of sp³-hybridized carbons (Fsp3) is 0.263. The van der Waals surface area contributed by atoms with Crippen LogP contribution >= 0.6 is 0 Å². The summed E-state index contributed by atoms with van der Waals surface area (Å²) in [5.74, 6) is 0.933. The summed E-state index contributed by atoms with van der Waals surface area (Å²) in [4.78, 5) is 15.2. The van der Waals surface area contributed by atoms with E-state index in [1.54, 1.807) is 0 Å². The van der Waals surface area contributed by atoms with Crippen molar-refractivity contribution in [1.29, 1.82) is 0 Å². The van der Waals surface area contributed by atoms with E-state index in [1.165, 1.54) is 5.39 Å². The highest BCUT2D eigenvalue weighted by Crippen LogP contribution is 2.27. The SMILES string of the molecule is Cc1cn2cc(-c3ccc4[nH]ccc4c3)nc(N3CCOCC3)c2n1. The Kier molecular flexibility index (Phi) is 3.24. The third-order valence-corrected chi connectivity index (χ3v) is 4.70. The van der Waals surface area contributed by atoms with Gasteiger partial charge in [-0.3, -0.25) is 0 Å². The van der Waals surface area contributed by atoms with Crippen molar-refractivity contribution in [2.24, 2.45) is 0 Å². The van der Waals surface area contributed by atoms with Crippen molar-refractivity contribution in [2.45, 2.75) is 6.92 Å². The smallest absolute Gasteiger partial charge is 0.180 e. The van der Waals surface area contributed by atoms with Crippen LogP contribution in [0.2, 0.25) is 0 Å². The van der Waals surface area contributed by atoms with Gasteiger partial charge in [0.15, 0.2) is 11.5 Å². The number of nitrogens with zero attached hydrogens (tertiary/aromatic N) is 4. The molecule has 1 saturated heterocycles. The molecule has 0 unspecified atom stereocenters. The van der Waals surface area contributed by atoms with Crippen molar-refractivity contribution in [1.82, 2.24) is 19.4 Å². The summed E-state index contributed by atoms with van der Waals surface area (Å²) < 4.78 is 7.58. The molecule has 3 aromatic heterocycles. The molecule has 0 radical (unpaired) electrons. The number of rotatable bonds is 2. The molecule has 25 heavy (non-hydrogen) atoms. The predicted octanol–water partition coefficient (Wildman–Crippen LogP) is 3.02. The summed E-state index contributed by atoms with van der Waals surface area (Å²) in [5, 5.41) is 1.19. The quantitative estimate of drug-likeness (QED) is 0.613. The van der Waals surface area contributed by atoms with E-state index in [9.17, 15) is 0 Å². The van der Waals surface area contributed by atoms with E-state index in [0.717, 1.165) is 60.2 Å². The van der Waals surface area contributed by atoms with Crippen LogP contribution in [0.5, 0.6) is 0 Å². The van der Waals surface area contributed by atoms with Crippen LogP contribution < -0.4 is 4.90 Å². The summed E-state index contributed by atoms with van der Waals surface area (Å²) >= 11 is 0. The first-order chi connectivity index (χ1) is 12.3. The standard InChI is InChI=1S/C19H19N5O/c1-13-11-24-12-17(14-2-3-16-15(10-14)4-5-20-16)22-19(18(24)21-13)23-6-8-25-9-7-23/h2-5,10-12,20H,6-9H2,1H3. The Balaban J connectivity index is 1.69. The van der Waals surface area contributed by atoms with Gasteiger partial charge in [0.2, 0.25) is 0 Å². The number of H-pyrrole nitrogens is 1. The normalized spacial score (nSPS) is 15.3. The third kappa shape index (κ3) is 2.46. The Morgan fingerprint density at radius 3 is 2.84 bits per heavy atom. The largest absolute Gasteiger partial charge is 0.378 e. The maximum absolute atomic E-state index is 5.49. The summed E-state index contributed by atoms with van der Waals surface area (Å²) in [6.45, 7) is 5.16. The van der Waals surface area contributed by atoms with Crippen molar-refractivity contribution in [3.63, 3.8) is 0 Å². The Hall–Kier alpha value is -2.86. The van der Waals surface area contributed by atoms with Gasteiger partial charge in [0.25, 0.3) is 0 Å². The Labute approximate surface area is 145 Å². The first-order valence-electron chi connectivity index (χ1n) is 8.54. The molecule has 6 heteroatoms. The molecule has 0 atom stereocenters. The predicted molar refractivity (Wildman–Crippen MR) is 98.0 cm³/mol. The van der Waals surface area contributed by atoms with E-state index in [1.807, 2.05) is 13.1 Å². The van der Waals surface area contributed by atoms with Crippen LogP contribution in [0.4, 0.5) is 5.82 Å². The van der Waals surface area contributed by atoms with E-state index in [2.05, 4.69) is 55.9 Å². The van der Waals surface area contributed by atoms with Crippen molar-refractivity contribution >= 4 is 22.4 Å². The zero-order valence-electron chi connectivity index (χ0n) is 14.1. The lowest BCUT2D eigenvalue weighted by atomic mass is 10.1. The second kappa shape index (κ2) is 5.60. The lowest BCUT2D eigenvalue weighted by Gasteiger charge is -2.28. The number of hydrogen-bond acceptors (Lipinski definition) is 4. The fourth-order valence-electron chi connectivity index (χ4n) is 3.44. The number of ether oxygens (including phenoxy) is 1. The van der Waals surface area contributed by atoms with Gasteiger partial charge in [0.1, 0.15) is 0 Å². The van der Waals surface area contributed by atoms with Crippen LogP contribution in [-0.4, -0.2) is 45.7 Å². The van der Waals surface area contributed by atoms with Gasteiger partial charge < -0.3 is 19.0 Å². The molecule has 6 nitrogen and oxygen atoms in total. The Bertz CT molecular complexity index is 1060. The third-order valence-electron chi connectivity index (χ3n) is 4.70. The maximum Gasteiger partial charge on any atom is 0.180 e.